The SMILES string of the molecule is O=c1c(CN2CCNCC2)coc2cc(O)ccc12. The molecule has 0 bridgehead atoms. The summed E-state index contributed by atoms with van der Waals surface area (Å²) in [6.07, 6.45) is 1.51. The number of fused-ring (bicyclic) bond motifs is 1. The number of piperazine rings is 1. The summed E-state index contributed by atoms with van der Waals surface area (Å²) < 4.78 is 5.44. The lowest BCUT2D eigenvalue weighted by molar-refractivity contribution is 0.231. The lowest BCUT2D eigenvalue weighted by atomic mass is 10.1. The molecule has 0 spiro atoms. The molecule has 0 radical (unpaired) electrons. The van der Waals surface area contributed by atoms with Gasteiger partial charge in [-0.3, -0.25) is 9.69 Å². The number of phenols is 1. The summed E-state index contributed by atoms with van der Waals surface area (Å²) in [5.74, 6) is 0.102. The van der Waals surface area contributed by atoms with Gasteiger partial charge < -0.3 is 14.8 Å². The number of phenolic OH excluding ortho intramolecular Hbond substituents is 1. The fourth-order valence-corrected chi connectivity index (χ4v) is 2.38. The molecule has 0 aliphatic carbocycles. The third-order valence-electron chi connectivity index (χ3n) is 3.43. The largest absolute Gasteiger partial charge is 0.508 e. The minimum Gasteiger partial charge on any atom is -0.508 e. The monoisotopic (exact) mass is 260 g/mol. The van der Waals surface area contributed by atoms with Gasteiger partial charge in [-0.05, 0) is 12.1 Å². The van der Waals surface area contributed by atoms with Gasteiger partial charge in [-0.15, -0.1) is 0 Å². The van der Waals surface area contributed by atoms with Crippen LogP contribution in [-0.4, -0.2) is 36.2 Å². The van der Waals surface area contributed by atoms with Gasteiger partial charge in [0.05, 0.1) is 11.6 Å². The molecule has 1 aromatic carbocycles. The van der Waals surface area contributed by atoms with Crippen LogP contribution in [0.4, 0.5) is 0 Å². The van der Waals surface area contributed by atoms with Crippen molar-refractivity contribution in [3.05, 3.63) is 40.2 Å². The minimum atomic E-state index is -0.0141. The van der Waals surface area contributed by atoms with Gasteiger partial charge in [0, 0.05) is 44.4 Å². The number of nitrogens with zero attached hydrogens (tertiary/aromatic N) is 1. The van der Waals surface area contributed by atoms with Crippen LogP contribution >= 0.6 is 0 Å². The Balaban J connectivity index is 1.93. The first-order chi connectivity index (χ1) is 9.24. The third-order valence-corrected chi connectivity index (χ3v) is 3.43. The third kappa shape index (κ3) is 2.47. The second-order valence-corrected chi connectivity index (χ2v) is 4.80. The Hall–Kier alpha value is -1.85. The highest BCUT2D eigenvalue weighted by atomic mass is 16.3. The fraction of sp³-hybridized carbons (Fsp3) is 0.357. The predicted octanol–water partition coefficient (Wildman–Crippen LogP) is 0.904. The van der Waals surface area contributed by atoms with E-state index in [9.17, 15) is 9.90 Å². The highest BCUT2D eigenvalue weighted by molar-refractivity contribution is 5.78. The van der Waals surface area contributed by atoms with E-state index < -0.39 is 0 Å². The van der Waals surface area contributed by atoms with Crippen LogP contribution in [0.5, 0.6) is 5.75 Å². The number of rotatable bonds is 2. The van der Waals surface area contributed by atoms with Gasteiger partial charge in [0.25, 0.3) is 0 Å². The van der Waals surface area contributed by atoms with Crippen LogP contribution in [-0.2, 0) is 6.54 Å². The number of hydrogen-bond donors (Lipinski definition) is 2. The average Bonchev–Trinajstić information content (AvgIpc) is 2.43. The van der Waals surface area contributed by atoms with E-state index in [1.807, 2.05) is 0 Å². The van der Waals surface area contributed by atoms with Crippen molar-refractivity contribution in [2.24, 2.45) is 0 Å². The average molecular weight is 260 g/mol. The molecule has 1 aromatic heterocycles. The van der Waals surface area contributed by atoms with Gasteiger partial charge in [-0.2, -0.15) is 0 Å². The second kappa shape index (κ2) is 5.03. The Morgan fingerprint density at radius 2 is 2.11 bits per heavy atom. The molecule has 1 aliphatic rings. The van der Waals surface area contributed by atoms with E-state index in [4.69, 9.17) is 4.42 Å². The van der Waals surface area contributed by atoms with Gasteiger partial charge in [-0.25, -0.2) is 0 Å². The van der Waals surface area contributed by atoms with E-state index in [2.05, 4.69) is 10.2 Å². The van der Waals surface area contributed by atoms with Gasteiger partial charge in [0.1, 0.15) is 11.3 Å². The van der Waals surface area contributed by atoms with Crippen LogP contribution < -0.4 is 10.7 Å². The summed E-state index contributed by atoms with van der Waals surface area (Å²) >= 11 is 0. The maximum Gasteiger partial charge on any atom is 0.197 e. The summed E-state index contributed by atoms with van der Waals surface area (Å²) in [6, 6.07) is 4.58. The summed E-state index contributed by atoms with van der Waals surface area (Å²) in [6.45, 7) is 4.39. The number of benzene rings is 1. The Labute approximate surface area is 110 Å². The standard InChI is InChI=1S/C14H16N2O3/c17-11-1-2-12-13(7-11)19-9-10(14(12)18)8-16-5-3-15-4-6-16/h1-2,7,9,15,17H,3-6,8H2. The fourth-order valence-electron chi connectivity index (χ4n) is 2.38. The molecular weight excluding hydrogens is 244 g/mol. The van der Waals surface area contributed by atoms with Crippen LogP contribution in [0.1, 0.15) is 5.56 Å². The molecule has 0 unspecified atom stereocenters. The van der Waals surface area contributed by atoms with Crippen molar-refractivity contribution in [3.63, 3.8) is 0 Å². The van der Waals surface area contributed by atoms with E-state index in [1.165, 1.54) is 18.4 Å². The Morgan fingerprint density at radius 3 is 2.89 bits per heavy atom. The van der Waals surface area contributed by atoms with E-state index >= 15 is 0 Å². The molecule has 0 atom stereocenters. The molecule has 5 nitrogen and oxygen atoms in total. The van der Waals surface area contributed by atoms with E-state index in [1.54, 1.807) is 6.07 Å². The topological polar surface area (TPSA) is 65.7 Å². The van der Waals surface area contributed by atoms with Crippen LogP contribution in [0.3, 0.4) is 0 Å². The Kier molecular flexibility index (Phi) is 3.23. The number of hydrogen-bond acceptors (Lipinski definition) is 5. The summed E-state index contributed by atoms with van der Waals surface area (Å²) in [5.41, 5.74) is 1.08. The summed E-state index contributed by atoms with van der Waals surface area (Å²) in [5, 5.41) is 13.2. The maximum atomic E-state index is 12.3. The molecule has 2 aromatic rings. The first kappa shape index (κ1) is 12.2. The van der Waals surface area contributed by atoms with Crippen molar-refractivity contribution in [3.8, 4) is 5.75 Å². The van der Waals surface area contributed by atoms with Crippen molar-refractivity contribution in [2.45, 2.75) is 6.54 Å². The normalized spacial score (nSPS) is 16.8. The van der Waals surface area contributed by atoms with Gasteiger partial charge >= 0.3 is 0 Å². The summed E-state index contributed by atoms with van der Waals surface area (Å²) in [4.78, 5) is 14.6. The zero-order chi connectivity index (χ0) is 13.2. The minimum absolute atomic E-state index is 0.0141. The smallest absolute Gasteiger partial charge is 0.197 e. The van der Waals surface area contributed by atoms with E-state index in [0.717, 1.165) is 26.2 Å². The van der Waals surface area contributed by atoms with Crippen LogP contribution in [0, 0.1) is 0 Å². The van der Waals surface area contributed by atoms with Crippen LogP contribution in [0.15, 0.2) is 33.7 Å². The molecule has 1 aliphatic heterocycles. The van der Waals surface area contributed by atoms with Crippen molar-refractivity contribution in [2.75, 3.05) is 26.2 Å². The molecule has 0 amide bonds. The van der Waals surface area contributed by atoms with E-state index in [-0.39, 0.29) is 11.2 Å². The zero-order valence-corrected chi connectivity index (χ0v) is 10.6. The van der Waals surface area contributed by atoms with Crippen molar-refractivity contribution < 1.29 is 9.52 Å². The molecular formula is C14H16N2O3. The van der Waals surface area contributed by atoms with Crippen LogP contribution in [0.2, 0.25) is 0 Å². The first-order valence-corrected chi connectivity index (χ1v) is 6.40. The Morgan fingerprint density at radius 1 is 1.32 bits per heavy atom. The molecule has 5 heteroatoms. The first-order valence-electron chi connectivity index (χ1n) is 6.40. The lowest BCUT2D eigenvalue weighted by Crippen LogP contribution is -2.43. The van der Waals surface area contributed by atoms with Gasteiger partial charge in [0.2, 0.25) is 0 Å². The highest BCUT2D eigenvalue weighted by Gasteiger charge is 2.14. The zero-order valence-electron chi connectivity index (χ0n) is 10.6. The van der Waals surface area contributed by atoms with Crippen molar-refractivity contribution >= 4 is 11.0 Å². The number of aromatic hydroxyl groups is 1. The molecule has 100 valence electrons. The van der Waals surface area contributed by atoms with Crippen LogP contribution in [0.25, 0.3) is 11.0 Å². The number of nitrogens with one attached hydrogen (secondary N) is 1. The molecule has 2 heterocycles. The second-order valence-electron chi connectivity index (χ2n) is 4.80. The molecule has 1 fully saturated rings. The molecule has 0 saturated carbocycles. The predicted molar refractivity (Wildman–Crippen MR) is 72.3 cm³/mol. The molecule has 1 saturated heterocycles. The van der Waals surface area contributed by atoms with Crippen molar-refractivity contribution in [1.29, 1.82) is 0 Å². The maximum absolute atomic E-state index is 12.3. The summed E-state index contributed by atoms with van der Waals surface area (Å²) in [7, 11) is 0. The lowest BCUT2D eigenvalue weighted by Gasteiger charge is -2.26. The molecule has 3 rings (SSSR count). The van der Waals surface area contributed by atoms with Gasteiger partial charge in [0.15, 0.2) is 5.43 Å². The van der Waals surface area contributed by atoms with Crippen molar-refractivity contribution in [1.82, 2.24) is 10.2 Å². The van der Waals surface area contributed by atoms with Gasteiger partial charge in [-0.1, -0.05) is 0 Å². The Bertz CT molecular complexity index is 645. The van der Waals surface area contributed by atoms with E-state index in [0.29, 0.717) is 23.1 Å². The molecule has 19 heavy (non-hydrogen) atoms. The molecule has 2 N–H and O–H groups in total. The quantitative estimate of drug-likeness (QED) is 0.840. The highest BCUT2D eigenvalue weighted by Crippen LogP contribution is 2.18.